The highest BCUT2D eigenvalue weighted by Gasteiger charge is 2.06. The number of aryl methyl sites for hydroxylation is 1. The smallest absolute Gasteiger partial charge is 0.347 e. The van der Waals surface area contributed by atoms with Crippen LogP contribution in [0.5, 0.6) is 11.5 Å². The number of methoxy groups -OCH3 is 2. The van der Waals surface area contributed by atoms with Gasteiger partial charge in [-0.3, -0.25) is 0 Å². The first-order valence-electron chi connectivity index (χ1n) is 7.42. The molecule has 24 heavy (non-hydrogen) atoms. The van der Waals surface area contributed by atoms with Gasteiger partial charge in [0.2, 0.25) is 5.89 Å². The SMILES string of the molecule is COc1ccc(OC)c(C=Cc2nc3ccc(C)cc3c(=O)o2)c1. The van der Waals surface area contributed by atoms with Crippen molar-refractivity contribution in [3.05, 3.63) is 63.8 Å². The molecule has 1 aromatic heterocycles. The van der Waals surface area contributed by atoms with Crippen LogP contribution >= 0.6 is 0 Å². The number of fused-ring (bicyclic) bond motifs is 1. The first kappa shape index (κ1) is 15.8. The molecule has 0 fully saturated rings. The minimum absolute atomic E-state index is 0.237. The van der Waals surface area contributed by atoms with Crippen molar-refractivity contribution >= 4 is 23.1 Å². The van der Waals surface area contributed by atoms with Crippen molar-refractivity contribution in [1.29, 1.82) is 0 Å². The van der Waals surface area contributed by atoms with Gasteiger partial charge in [0, 0.05) is 11.6 Å². The van der Waals surface area contributed by atoms with Crippen LogP contribution in [-0.4, -0.2) is 19.2 Å². The number of hydrogen-bond donors (Lipinski definition) is 0. The first-order chi connectivity index (χ1) is 11.6. The van der Waals surface area contributed by atoms with Crippen LogP contribution in [-0.2, 0) is 0 Å². The van der Waals surface area contributed by atoms with Crippen LogP contribution in [0.25, 0.3) is 23.1 Å². The Hall–Kier alpha value is -3.08. The lowest BCUT2D eigenvalue weighted by Crippen LogP contribution is -2.03. The summed E-state index contributed by atoms with van der Waals surface area (Å²) in [5.74, 6) is 1.63. The summed E-state index contributed by atoms with van der Waals surface area (Å²) in [4.78, 5) is 16.5. The highest BCUT2D eigenvalue weighted by Crippen LogP contribution is 2.25. The monoisotopic (exact) mass is 323 g/mol. The molecule has 0 aliphatic rings. The average Bonchev–Trinajstić information content (AvgIpc) is 2.60. The zero-order valence-electron chi connectivity index (χ0n) is 13.7. The lowest BCUT2D eigenvalue weighted by atomic mass is 10.1. The van der Waals surface area contributed by atoms with Crippen molar-refractivity contribution in [2.24, 2.45) is 0 Å². The molecule has 3 rings (SSSR count). The zero-order chi connectivity index (χ0) is 17.1. The van der Waals surface area contributed by atoms with E-state index >= 15 is 0 Å². The number of ether oxygens (including phenoxy) is 2. The largest absolute Gasteiger partial charge is 0.497 e. The molecule has 0 aliphatic heterocycles. The topological polar surface area (TPSA) is 61.6 Å². The van der Waals surface area contributed by atoms with E-state index < -0.39 is 5.63 Å². The van der Waals surface area contributed by atoms with Gasteiger partial charge in [0.15, 0.2) is 0 Å². The number of nitrogens with zero attached hydrogens (tertiary/aromatic N) is 1. The highest BCUT2D eigenvalue weighted by atomic mass is 16.5. The molecule has 3 aromatic rings. The maximum absolute atomic E-state index is 12.1. The van der Waals surface area contributed by atoms with Gasteiger partial charge >= 0.3 is 5.63 Å². The van der Waals surface area contributed by atoms with Crippen LogP contribution < -0.4 is 15.1 Å². The third kappa shape index (κ3) is 3.15. The minimum atomic E-state index is -0.402. The van der Waals surface area contributed by atoms with E-state index in [0.717, 1.165) is 11.1 Å². The average molecular weight is 323 g/mol. The van der Waals surface area contributed by atoms with Crippen LogP contribution in [0.4, 0.5) is 0 Å². The van der Waals surface area contributed by atoms with Crippen LogP contribution in [0.2, 0.25) is 0 Å². The van der Waals surface area contributed by atoms with E-state index in [4.69, 9.17) is 13.9 Å². The molecule has 0 N–H and O–H groups in total. The number of aromatic nitrogens is 1. The van der Waals surface area contributed by atoms with E-state index in [-0.39, 0.29) is 5.89 Å². The molecular weight excluding hydrogens is 306 g/mol. The van der Waals surface area contributed by atoms with Crippen molar-refractivity contribution in [2.75, 3.05) is 14.2 Å². The molecule has 0 atom stereocenters. The Morgan fingerprint density at radius 3 is 2.62 bits per heavy atom. The van der Waals surface area contributed by atoms with Gasteiger partial charge in [-0.05, 0) is 43.3 Å². The van der Waals surface area contributed by atoms with Crippen LogP contribution in [0, 0.1) is 6.92 Å². The summed E-state index contributed by atoms with van der Waals surface area (Å²) >= 11 is 0. The maximum Gasteiger partial charge on any atom is 0.347 e. The van der Waals surface area contributed by atoms with Crippen molar-refractivity contribution < 1.29 is 13.9 Å². The van der Waals surface area contributed by atoms with Crippen molar-refractivity contribution in [3.8, 4) is 11.5 Å². The summed E-state index contributed by atoms with van der Waals surface area (Å²) < 4.78 is 15.8. The number of benzene rings is 2. The standard InChI is InChI=1S/C19H17NO4/c1-12-4-7-16-15(10-12)19(21)24-18(20-16)9-5-13-11-14(22-2)6-8-17(13)23-3/h4-11H,1-3H3. The lowest BCUT2D eigenvalue weighted by Gasteiger charge is -2.07. The van der Waals surface area contributed by atoms with E-state index in [9.17, 15) is 4.79 Å². The summed E-state index contributed by atoms with van der Waals surface area (Å²) in [6.45, 7) is 1.92. The Balaban J connectivity index is 2.02. The molecule has 1 heterocycles. The Kier molecular flexibility index (Phi) is 4.33. The second-order valence-electron chi connectivity index (χ2n) is 5.30. The summed E-state index contributed by atoms with van der Waals surface area (Å²) in [5.41, 5.74) is 1.99. The predicted molar refractivity (Wildman–Crippen MR) is 93.5 cm³/mol. The molecular formula is C19H17NO4. The predicted octanol–water partition coefficient (Wildman–Crippen LogP) is 3.68. The minimum Gasteiger partial charge on any atom is -0.497 e. The Morgan fingerprint density at radius 1 is 1.04 bits per heavy atom. The van der Waals surface area contributed by atoms with Gasteiger partial charge in [-0.25, -0.2) is 9.78 Å². The fraction of sp³-hybridized carbons (Fsp3) is 0.158. The molecule has 5 heteroatoms. The highest BCUT2D eigenvalue weighted by molar-refractivity contribution is 5.79. The molecule has 0 spiro atoms. The van der Waals surface area contributed by atoms with Gasteiger partial charge in [-0.1, -0.05) is 11.6 Å². The Labute approximate surface area is 139 Å². The van der Waals surface area contributed by atoms with Gasteiger partial charge in [0.05, 0.1) is 25.1 Å². The zero-order valence-corrected chi connectivity index (χ0v) is 13.7. The van der Waals surface area contributed by atoms with Gasteiger partial charge in [-0.2, -0.15) is 0 Å². The molecule has 5 nitrogen and oxygen atoms in total. The van der Waals surface area contributed by atoms with Crippen LogP contribution in [0.15, 0.2) is 45.6 Å². The van der Waals surface area contributed by atoms with Crippen molar-refractivity contribution in [3.63, 3.8) is 0 Å². The summed E-state index contributed by atoms with van der Waals surface area (Å²) in [5, 5.41) is 0.478. The van der Waals surface area contributed by atoms with Gasteiger partial charge in [0.25, 0.3) is 0 Å². The van der Waals surface area contributed by atoms with Gasteiger partial charge < -0.3 is 13.9 Å². The Morgan fingerprint density at radius 2 is 1.88 bits per heavy atom. The molecule has 0 amide bonds. The summed E-state index contributed by atoms with van der Waals surface area (Å²) in [6, 6.07) is 10.9. The van der Waals surface area contributed by atoms with E-state index in [0.29, 0.717) is 22.4 Å². The number of rotatable bonds is 4. The fourth-order valence-corrected chi connectivity index (χ4v) is 2.40. The van der Waals surface area contributed by atoms with Crippen molar-refractivity contribution in [1.82, 2.24) is 4.98 Å². The molecule has 2 aromatic carbocycles. The molecule has 0 saturated carbocycles. The van der Waals surface area contributed by atoms with Gasteiger partial charge in [-0.15, -0.1) is 0 Å². The van der Waals surface area contributed by atoms with E-state index in [1.807, 2.05) is 37.3 Å². The molecule has 0 unspecified atom stereocenters. The van der Waals surface area contributed by atoms with Crippen LogP contribution in [0.3, 0.4) is 0 Å². The quantitative estimate of drug-likeness (QED) is 0.733. The first-order valence-corrected chi connectivity index (χ1v) is 7.42. The Bertz CT molecular complexity index is 973. The molecule has 0 saturated heterocycles. The van der Waals surface area contributed by atoms with E-state index in [1.54, 1.807) is 32.4 Å². The van der Waals surface area contributed by atoms with E-state index in [1.165, 1.54) is 0 Å². The second-order valence-corrected chi connectivity index (χ2v) is 5.30. The third-order valence-electron chi connectivity index (χ3n) is 3.64. The van der Waals surface area contributed by atoms with Gasteiger partial charge in [0.1, 0.15) is 11.5 Å². The van der Waals surface area contributed by atoms with Crippen molar-refractivity contribution in [2.45, 2.75) is 6.92 Å². The lowest BCUT2D eigenvalue weighted by molar-refractivity contribution is 0.402. The van der Waals surface area contributed by atoms with E-state index in [2.05, 4.69) is 4.98 Å². The molecule has 0 radical (unpaired) electrons. The summed E-state index contributed by atoms with van der Waals surface area (Å²) in [7, 11) is 3.19. The fourth-order valence-electron chi connectivity index (χ4n) is 2.40. The molecule has 122 valence electrons. The normalized spacial score (nSPS) is 11.1. The second kappa shape index (κ2) is 6.58. The summed E-state index contributed by atoms with van der Waals surface area (Å²) in [6.07, 6.45) is 3.41. The van der Waals surface area contributed by atoms with Crippen LogP contribution in [0.1, 0.15) is 17.0 Å². The number of hydrogen-bond acceptors (Lipinski definition) is 5. The molecule has 0 aliphatic carbocycles. The maximum atomic E-state index is 12.1. The third-order valence-corrected chi connectivity index (χ3v) is 3.64. The molecule has 0 bridgehead atoms.